The smallest absolute Gasteiger partial charge is 0.146 e. The van der Waals surface area contributed by atoms with Crippen molar-refractivity contribution in [3.05, 3.63) is 0 Å². The van der Waals surface area contributed by atoms with E-state index in [0.29, 0.717) is 13.0 Å². The number of nitrogens with two attached hydrogens (primary N) is 2. The lowest BCUT2D eigenvalue weighted by molar-refractivity contribution is -0.118. The molecule has 3 nitrogen and oxygen atoms in total. The van der Waals surface area contributed by atoms with Gasteiger partial charge < -0.3 is 11.5 Å². The lowest BCUT2D eigenvalue weighted by Crippen LogP contribution is -2.28. The lowest BCUT2D eigenvalue weighted by Gasteiger charge is -2.04. The molecule has 0 saturated heterocycles. The van der Waals surface area contributed by atoms with Crippen molar-refractivity contribution < 1.29 is 4.79 Å². The van der Waals surface area contributed by atoms with E-state index in [9.17, 15) is 4.79 Å². The van der Waals surface area contributed by atoms with Crippen molar-refractivity contribution in [2.24, 2.45) is 11.5 Å². The van der Waals surface area contributed by atoms with E-state index < -0.39 is 0 Å². The van der Waals surface area contributed by atoms with Gasteiger partial charge in [0.2, 0.25) is 0 Å². The fourth-order valence-corrected chi connectivity index (χ4v) is 0.541. The predicted molar refractivity (Wildman–Crippen MR) is 48.3 cm³/mol. The van der Waals surface area contributed by atoms with Crippen LogP contribution in [0.5, 0.6) is 0 Å². The molecule has 0 heterocycles. The van der Waals surface area contributed by atoms with Crippen molar-refractivity contribution in [3.63, 3.8) is 0 Å². The zero-order chi connectivity index (χ0) is 9.28. The molecule has 0 spiro atoms. The first-order valence-corrected chi connectivity index (χ1v) is 4.14. The summed E-state index contributed by atoms with van der Waals surface area (Å²) in [6.07, 6.45) is 1.55. The lowest BCUT2D eigenvalue weighted by atomic mass is 10.1. The molecule has 0 radical (unpaired) electrons. The summed E-state index contributed by atoms with van der Waals surface area (Å²) in [7, 11) is 0. The normalized spacial score (nSPS) is 11.4. The molecule has 4 N–H and O–H groups in total. The van der Waals surface area contributed by atoms with Crippen molar-refractivity contribution in [1.82, 2.24) is 0 Å². The summed E-state index contributed by atoms with van der Waals surface area (Å²) >= 11 is 0. The Bertz CT molecular complexity index is 94.1. The van der Waals surface area contributed by atoms with E-state index in [4.69, 9.17) is 11.5 Å². The second-order valence-electron chi connectivity index (χ2n) is 2.15. The molecule has 0 bridgehead atoms. The highest BCUT2D eigenvalue weighted by molar-refractivity contribution is 5.80. The molecule has 68 valence electrons. The van der Waals surface area contributed by atoms with Crippen LogP contribution in [0.2, 0.25) is 0 Å². The zero-order valence-corrected chi connectivity index (χ0v) is 7.76. The second kappa shape index (κ2) is 9.59. The summed E-state index contributed by atoms with van der Waals surface area (Å²) in [5, 5.41) is 0. The highest BCUT2D eigenvalue weighted by Crippen LogP contribution is 1.92. The highest BCUT2D eigenvalue weighted by Gasteiger charge is 2.05. The molecule has 0 amide bonds. The summed E-state index contributed by atoms with van der Waals surface area (Å²) in [6, 6.07) is -0.298. The van der Waals surface area contributed by atoms with Crippen LogP contribution in [-0.2, 0) is 4.79 Å². The van der Waals surface area contributed by atoms with Crippen LogP contribution in [0.1, 0.15) is 33.6 Å². The van der Waals surface area contributed by atoms with Gasteiger partial charge in [-0.3, -0.25) is 4.79 Å². The first-order valence-electron chi connectivity index (χ1n) is 4.14. The second-order valence-corrected chi connectivity index (χ2v) is 2.15. The third-order valence-electron chi connectivity index (χ3n) is 1.24. The topological polar surface area (TPSA) is 69.1 Å². The van der Waals surface area contributed by atoms with E-state index in [1.807, 2.05) is 13.8 Å². The Morgan fingerprint density at radius 2 is 1.91 bits per heavy atom. The Balaban J connectivity index is 0. The van der Waals surface area contributed by atoms with Gasteiger partial charge in [0.15, 0.2) is 0 Å². The highest BCUT2D eigenvalue weighted by atomic mass is 16.1. The van der Waals surface area contributed by atoms with Gasteiger partial charge in [-0.05, 0) is 26.3 Å². The molecule has 0 aromatic heterocycles. The largest absolute Gasteiger partial charge is 0.330 e. The third-order valence-corrected chi connectivity index (χ3v) is 1.24. The molecule has 0 aliphatic heterocycles. The van der Waals surface area contributed by atoms with Gasteiger partial charge in [-0.2, -0.15) is 0 Å². The standard InChI is InChI=1S/C6H14N2O.C2H6/c1-5(9)6(8)3-2-4-7;1-2/h6H,2-4,7-8H2,1H3;1-2H3. The number of rotatable bonds is 4. The molecule has 1 atom stereocenters. The maximum atomic E-state index is 10.5. The molecule has 1 unspecified atom stereocenters. The molecule has 3 heteroatoms. The summed E-state index contributed by atoms with van der Waals surface area (Å²) in [5.74, 6) is 0.0449. The van der Waals surface area contributed by atoms with Crippen LogP contribution in [0.15, 0.2) is 0 Å². The van der Waals surface area contributed by atoms with Gasteiger partial charge in [0, 0.05) is 0 Å². The van der Waals surface area contributed by atoms with Gasteiger partial charge in [-0.1, -0.05) is 13.8 Å². The number of Topliss-reactive ketones (excluding diaryl/α,β-unsaturated/α-hetero) is 1. The van der Waals surface area contributed by atoms with Crippen LogP contribution in [0.25, 0.3) is 0 Å². The van der Waals surface area contributed by atoms with E-state index in [-0.39, 0.29) is 11.8 Å². The van der Waals surface area contributed by atoms with Crippen molar-refractivity contribution in [2.75, 3.05) is 6.54 Å². The Kier molecular flexibility index (Phi) is 11.5. The fourth-order valence-electron chi connectivity index (χ4n) is 0.541. The van der Waals surface area contributed by atoms with Crippen LogP contribution in [0.3, 0.4) is 0 Å². The molecule has 0 aliphatic carbocycles. The van der Waals surface area contributed by atoms with Crippen LogP contribution < -0.4 is 11.5 Å². The first-order chi connectivity index (χ1) is 5.18. The SMILES string of the molecule is CC.CC(=O)C(N)CCCN. The Labute approximate surface area is 69.1 Å². The van der Waals surface area contributed by atoms with E-state index in [0.717, 1.165) is 6.42 Å². The minimum absolute atomic E-state index is 0.0449. The van der Waals surface area contributed by atoms with Gasteiger partial charge in [0.1, 0.15) is 5.78 Å². The van der Waals surface area contributed by atoms with Crippen molar-refractivity contribution in [1.29, 1.82) is 0 Å². The Hall–Kier alpha value is -0.410. The molecule has 0 aromatic carbocycles. The Morgan fingerprint density at radius 1 is 1.45 bits per heavy atom. The maximum absolute atomic E-state index is 10.5. The summed E-state index contributed by atoms with van der Waals surface area (Å²) in [5.41, 5.74) is 10.6. The van der Waals surface area contributed by atoms with Crippen LogP contribution in [0.4, 0.5) is 0 Å². The molecule has 0 fully saturated rings. The molecule has 0 aromatic rings. The summed E-state index contributed by atoms with van der Waals surface area (Å²) in [6.45, 7) is 6.11. The number of ketones is 1. The van der Waals surface area contributed by atoms with Crippen molar-refractivity contribution in [2.45, 2.75) is 39.7 Å². The number of carbonyl (C=O) groups is 1. The van der Waals surface area contributed by atoms with Gasteiger partial charge in [-0.15, -0.1) is 0 Å². The minimum Gasteiger partial charge on any atom is -0.330 e. The molecule has 0 rings (SSSR count). The quantitative estimate of drug-likeness (QED) is 0.635. The minimum atomic E-state index is -0.298. The van der Waals surface area contributed by atoms with Crippen LogP contribution in [-0.4, -0.2) is 18.4 Å². The summed E-state index contributed by atoms with van der Waals surface area (Å²) < 4.78 is 0. The van der Waals surface area contributed by atoms with Gasteiger partial charge in [0.05, 0.1) is 6.04 Å². The fraction of sp³-hybridized carbons (Fsp3) is 0.875. The monoisotopic (exact) mass is 160 g/mol. The third kappa shape index (κ3) is 9.59. The predicted octanol–water partition coefficient (Wildman–Crippen LogP) is 0.668. The molecule has 11 heavy (non-hydrogen) atoms. The van der Waals surface area contributed by atoms with Crippen LogP contribution in [0, 0.1) is 0 Å². The first kappa shape index (κ1) is 13.2. The zero-order valence-electron chi connectivity index (χ0n) is 7.76. The van der Waals surface area contributed by atoms with Gasteiger partial charge in [0.25, 0.3) is 0 Å². The number of hydrogen-bond acceptors (Lipinski definition) is 3. The molecule has 0 aliphatic rings. The molecule has 0 saturated carbocycles. The average molecular weight is 160 g/mol. The van der Waals surface area contributed by atoms with Gasteiger partial charge in [-0.25, -0.2) is 0 Å². The Morgan fingerprint density at radius 3 is 2.18 bits per heavy atom. The number of carbonyl (C=O) groups excluding carboxylic acids is 1. The average Bonchev–Trinajstić information content (AvgIpc) is 2.03. The van der Waals surface area contributed by atoms with Crippen molar-refractivity contribution in [3.8, 4) is 0 Å². The van der Waals surface area contributed by atoms with Crippen LogP contribution >= 0.6 is 0 Å². The molecular weight excluding hydrogens is 140 g/mol. The molecular formula is C8H20N2O. The maximum Gasteiger partial charge on any atom is 0.146 e. The van der Waals surface area contributed by atoms with E-state index in [1.165, 1.54) is 6.92 Å². The number of hydrogen-bond donors (Lipinski definition) is 2. The summed E-state index contributed by atoms with van der Waals surface area (Å²) in [4.78, 5) is 10.5. The van der Waals surface area contributed by atoms with E-state index in [1.54, 1.807) is 0 Å². The van der Waals surface area contributed by atoms with E-state index >= 15 is 0 Å². The van der Waals surface area contributed by atoms with Crippen molar-refractivity contribution >= 4 is 5.78 Å². The van der Waals surface area contributed by atoms with Gasteiger partial charge >= 0.3 is 0 Å². The van der Waals surface area contributed by atoms with E-state index in [2.05, 4.69) is 0 Å².